The third-order valence-electron chi connectivity index (χ3n) is 2.89. The zero-order chi connectivity index (χ0) is 13.3. The standard InChI is InChI=1S/C14H20N4O/c19-13(11-18-14-16-8-4-9-17-14)15-10-7-12-5-2-1-3-6-12/h1-3,5-6H,4,7-11H2,(H,15,19)(H2,16,17,18). The smallest absolute Gasteiger partial charge is 0.239 e. The molecule has 0 saturated heterocycles. The third-order valence-corrected chi connectivity index (χ3v) is 2.89. The molecule has 5 heteroatoms. The van der Waals surface area contributed by atoms with Crippen LogP contribution in [0.25, 0.3) is 0 Å². The van der Waals surface area contributed by atoms with Crippen molar-refractivity contribution in [3.8, 4) is 0 Å². The van der Waals surface area contributed by atoms with Crippen molar-refractivity contribution in [2.75, 3.05) is 26.2 Å². The molecule has 0 atom stereocenters. The first kappa shape index (κ1) is 13.4. The van der Waals surface area contributed by atoms with Gasteiger partial charge < -0.3 is 16.0 Å². The van der Waals surface area contributed by atoms with Gasteiger partial charge in [0.1, 0.15) is 0 Å². The molecule has 0 radical (unpaired) electrons. The van der Waals surface area contributed by atoms with Gasteiger partial charge in [0, 0.05) is 19.6 Å². The Kier molecular flexibility index (Phi) is 5.22. The highest BCUT2D eigenvalue weighted by molar-refractivity contribution is 5.86. The van der Waals surface area contributed by atoms with Crippen molar-refractivity contribution < 1.29 is 4.79 Å². The number of carbonyl (C=O) groups excluding carboxylic acids is 1. The van der Waals surface area contributed by atoms with Gasteiger partial charge >= 0.3 is 0 Å². The lowest BCUT2D eigenvalue weighted by Gasteiger charge is -2.15. The number of nitrogens with one attached hydrogen (secondary N) is 3. The number of nitrogens with zero attached hydrogens (tertiary/aromatic N) is 1. The molecule has 0 fully saturated rings. The van der Waals surface area contributed by atoms with Crippen LogP contribution in [0, 0.1) is 0 Å². The van der Waals surface area contributed by atoms with Crippen LogP contribution in [0.5, 0.6) is 0 Å². The molecular weight excluding hydrogens is 240 g/mol. The minimum atomic E-state index is -0.00833. The molecule has 0 bridgehead atoms. The van der Waals surface area contributed by atoms with E-state index in [-0.39, 0.29) is 12.5 Å². The van der Waals surface area contributed by atoms with Crippen LogP contribution in [0.15, 0.2) is 35.3 Å². The summed E-state index contributed by atoms with van der Waals surface area (Å²) in [4.78, 5) is 15.9. The number of rotatable bonds is 5. The maximum atomic E-state index is 11.6. The summed E-state index contributed by atoms with van der Waals surface area (Å²) in [6.45, 7) is 2.66. The Morgan fingerprint density at radius 2 is 2.16 bits per heavy atom. The molecular formula is C14H20N4O. The van der Waals surface area contributed by atoms with Crippen molar-refractivity contribution in [1.29, 1.82) is 0 Å². The number of hydrogen-bond acceptors (Lipinski definition) is 4. The molecule has 1 aliphatic rings. The van der Waals surface area contributed by atoms with E-state index in [1.807, 2.05) is 18.2 Å². The van der Waals surface area contributed by atoms with E-state index in [1.165, 1.54) is 5.56 Å². The van der Waals surface area contributed by atoms with E-state index in [0.29, 0.717) is 6.54 Å². The van der Waals surface area contributed by atoms with Gasteiger partial charge in [0.2, 0.25) is 5.91 Å². The first-order valence-electron chi connectivity index (χ1n) is 6.67. The molecule has 1 heterocycles. The molecule has 1 aromatic rings. The fraction of sp³-hybridized carbons (Fsp3) is 0.429. The minimum absolute atomic E-state index is 0.00833. The van der Waals surface area contributed by atoms with Crippen molar-refractivity contribution in [3.05, 3.63) is 35.9 Å². The predicted octanol–water partition coefficient (Wildman–Crippen LogP) is 0.284. The maximum absolute atomic E-state index is 11.6. The van der Waals surface area contributed by atoms with Crippen molar-refractivity contribution in [2.24, 2.45) is 4.99 Å². The maximum Gasteiger partial charge on any atom is 0.239 e. The SMILES string of the molecule is O=C(CNC1=NCCCN1)NCCc1ccccc1. The monoisotopic (exact) mass is 260 g/mol. The highest BCUT2D eigenvalue weighted by Crippen LogP contribution is 1.97. The second-order valence-corrected chi connectivity index (χ2v) is 4.45. The molecule has 1 aliphatic heterocycles. The van der Waals surface area contributed by atoms with Crippen LogP contribution in [0.4, 0.5) is 0 Å². The van der Waals surface area contributed by atoms with Crippen LogP contribution in [-0.4, -0.2) is 38.0 Å². The molecule has 0 unspecified atom stereocenters. The van der Waals surface area contributed by atoms with E-state index in [9.17, 15) is 4.79 Å². The number of amides is 1. The molecule has 0 spiro atoms. The lowest BCUT2D eigenvalue weighted by atomic mass is 10.1. The number of benzene rings is 1. The fourth-order valence-electron chi connectivity index (χ4n) is 1.87. The zero-order valence-electron chi connectivity index (χ0n) is 11.0. The molecule has 0 aliphatic carbocycles. The van der Waals surface area contributed by atoms with Gasteiger partial charge in [-0.25, -0.2) is 0 Å². The van der Waals surface area contributed by atoms with Crippen LogP contribution >= 0.6 is 0 Å². The summed E-state index contributed by atoms with van der Waals surface area (Å²) in [7, 11) is 0. The largest absolute Gasteiger partial charge is 0.356 e. The molecule has 3 N–H and O–H groups in total. The van der Waals surface area contributed by atoms with E-state index in [4.69, 9.17) is 0 Å². The number of aliphatic imine (C=N–C) groups is 1. The Hall–Kier alpha value is -2.04. The van der Waals surface area contributed by atoms with Gasteiger partial charge in [-0.05, 0) is 18.4 Å². The molecule has 2 rings (SSSR count). The van der Waals surface area contributed by atoms with Gasteiger partial charge in [-0.2, -0.15) is 0 Å². The quantitative estimate of drug-likeness (QED) is 0.712. The van der Waals surface area contributed by atoms with E-state index in [2.05, 4.69) is 33.1 Å². The summed E-state index contributed by atoms with van der Waals surface area (Å²) < 4.78 is 0. The molecule has 1 amide bonds. The van der Waals surface area contributed by atoms with Gasteiger partial charge in [0.05, 0.1) is 6.54 Å². The van der Waals surface area contributed by atoms with Gasteiger partial charge in [-0.1, -0.05) is 30.3 Å². The summed E-state index contributed by atoms with van der Waals surface area (Å²) in [5.74, 6) is 0.718. The van der Waals surface area contributed by atoms with E-state index < -0.39 is 0 Å². The van der Waals surface area contributed by atoms with Crippen molar-refractivity contribution >= 4 is 11.9 Å². The summed E-state index contributed by atoms with van der Waals surface area (Å²) in [6, 6.07) is 10.1. The van der Waals surface area contributed by atoms with Crippen LogP contribution in [0.3, 0.4) is 0 Å². The summed E-state index contributed by atoms with van der Waals surface area (Å²) in [6.07, 6.45) is 1.90. The highest BCUT2D eigenvalue weighted by Gasteiger charge is 2.05. The first-order valence-corrected chi connectivity index (χ1v) is 6.67. The number of hydrogen-bond donors (Lipinski definition) is 3. The highest BCUT2D eigenvalue weighted by atomic mass is 16.1. The van der Waals surface area contributed by atoms with Crippen LogP contribution in [-0.2, 0) is 11.2 Å². The van der Waals surface area contributed by atoms with Crippen LogP contribution in [0.1, 0.15) is 12.0 Å². The third kappa shape index (κ3) is 4.99. The average molecular weight is 260 g/mol. The molecule has 0 saturated carbocycles. The lowest BCUT2D eigenvalue weighted by molar-refractivity contribution is -0.119. The van der Waals surface area contributed by atoms with Gasteiger partial charge in [-0.15, -0.1) is 0 Å². The van der Waals surface area contributed by atoms with E-state index in [1.54, 1.807) is 0 Å². The number of guanidine groups is 1. The average Bonchev–Trinajstić information content (AvgIpc) is 2.47. The Morgan fingerprint density at radius 3 is 2.89 bits per heavy atom. The Balaban J connectivity index is 1.61. The summed E-state index contributed by atoms with van der Waals surface area (Å²) in [5, 5.41) is 9.00. The van der Waals surface area contributed by atoms with Crippen molar-refractivity contribution in [1.82, 2.24) is 16.0 Å². The zero-order valence-corrected chi connectivity index (χ0v) is 11.0. The van der Waals surface area contributed by atoms with Crippen LogP contribution < -0.4 is 16.0 Å². The van der Waals surface area contributed by atoms with Gasteiger partial charge in [0.25, 0.3) is 0 Å². The minimum Gasteiger partial charge on any atom is -0.356 e. The normalized spacial score (nSPS) is 14.2. The van der Waals surface area contributed by atoms with Crippen molar-refractivity contribution in [3.63, 3.8) is 0 Å². The molecule has 1 aromatic carbocycles. The summed E-state index contributed by atoms with van der Waals surface area (Å²) >= 11 is 0. The van der Waals surface area contributed by atoms with Gasteiger partial charge in [-0.3, -0.25) is 9.79 Å². The first-order chi connectivity index (χ1) is 9.34. The van der Waals surface area contributed by atoms with E-state index >= 15 is 0 Å². The summed E-state index contributed by atoms with van der Waals surface area (Å²) in [5.41, 5.74) is 1.23. The Labute approximate surface area is 113 Å². The fourth-order valence-corrected chi connectivity index (χ4v) is 1.87. The second kappa shape index (κ2) is 7.41. The molecule has 5 nitrogen and oxygen atoms in total. The molecule has 0 aromatic heterocycles. The predicted molar refractivity (Wildman–Crippen MR) is 76.1 cm³/mol. The Morgan fingerprint density at radius 1 is 1.32 bits per heavy atom. The second-order valence-electron chi connectivity index (χ2n) is 4.45. The molecule has 102 valence electrons. The molecule has 19 heavy (non-hydrogen) atoms. The van der Waals surface area contributed by atoms with E-state index in [0.717, 1.165) is 31.9 Å². The topological polar surface area (TPSA) is 65.5 Å². The van der Waals surface area contributed by atoms with Gasteiger partial charge in [0.15, 0.2) is 5.96 Å². The Bertz CT molecular complexity index is 430. The van der Waals surface area contributed by atoms with Crippen molar-refractivity contribution in [2.45, 2.75) is 12.8 Å². The lowest BCUT2D eigenvalue weighted by Crippen LogP contribution is -2.45. The van der Waals surface area contributed by atoms with Crippen LogP contribution in [0.2, 0.25) is 0 Å². The number of carbonyl (C=O) groups is 1.